The SMILES string of the molecule is CN(C)C(=O)COc1cccc(NC(=O)C2CC2c2ccc(C(F)(F)F)cc2)c1. The van der Waals surface area contributed by atoms with Crippen molar-refractivity contribution in [3.8, 4) is 5.75 Å². The first-order chi connectivity index (χ1) is 13.6. The van der Waals surface area contributed by atoms with Crippen molar-refractivity contribution in [1.82, 2.24) is 4.90 Å². The number of nitrogens with one attached hydrogen (secondary N) is 1. The minimum atomic E-state index is -4.37. The third kappa shape index (κ3) is 5.28. The number of likely N-dealkylation sites (N-methyl/N-ethyl adjacent to an activating group) is 1. The molecule has 1 saturated carbocycles. The first-order valence-corrected chi connectivity index (χ1v) is 9.06. The molecule has 0 radical (unpaired) electrons. The fraction of sp³-hybridized carbons (Fsp3) is 0.333. The quantitative estimate of drug-likeness (QED) is 0.791. The molecule has 1 aliphatic carbocycles. The summed E-state index contributed by atoms with van der Waals surface area (Å²) in [5, 5.41) is 2.80. The number of hydrogen-bond acceptors (Lipinski definition) is 3. The Balaban J connectivity index is 1.56. The third-order valence-corrected chi connectivity index (χ3v) is 4.76. The average Bonchev–Trinajstić information content (AvgIpc) is 3.47. The Hall–Kier alpha value is -3.03. The molecule has 0 spiro atoms. The predicted octanol–water partition coefficient (Wildman–Crippen LogP) is 3.91. The molecule has 154 valence electrons. The molecule has 2 aromatic rings. The van der Waals surface area contributed by atoms with Crippen molar-refractivity contribution in [3.63, 3.8) is 0 Å². The molecule has 1 fully saturated rings. The fourth-order valence-corrected chi connectivity index (χ4v) is 2.95. The Bertz CT molecular complexity index is 895. The van der Waals surface area contributed by atoms with Gasteiger partial charge in [0.05, 0.1) is 5.56 Å². The second-order valence-corrected chi connectivity index (χ2v) is 7.16. The molecule has 2 unspecified atom stereocenters. The van der Waals surface area contributed by atoms with Crippen molar-refractivity contribution in [3.05, 3.63) is 59.7 Å². The fourth-order valence-electron chi connectivity index (χ4n) is 2.95. The summed E-state index contributed by atoms with van der Waals surface area (Å²) in [4.78, 5) is 25.5. The molecule has 2 amide bonds. The summed E-state index contributed by atoms with van der Waals surface area (Å²) in [6.07, 6.45) is -3.78. The number of anilines is 1. The van der Waals surface area contributed by atoms with Crippen molar-refractivity contribution in [2.75, 3.05) is 26.0 Å². The highest BCUT2D eigenvalue weighted by Crippen LogP contribution is 2.48. The standard InChI is InChI=1S/C21H21F3N2O3/c1-26(2)19(27)12-29-16-5-3-4-15(10-16)25-20(28)18-11-17(18)13-6-8-14(9-7-13)21(22,23)24/h3-10,17-18H,11-12H2,1-2H3,(H,25,28). The highest BCUT2D eigenvalue weighted by atomic mass is 19.4. The summed E-state index contributed by atoms with van der Waals surface area (Å²) in [5.74, 6) is -0.303. The zero-order valence-electron chi connectivity index (χ0n) is 16.0. The van der Waals surface area contributed by atoms with Gasteiger partial charge in [0.2, 0.25) is 5.91 Å². The molecular formula is C21H21F3N2O3. The number of benzene rings is 2. The van der Waals surface area contributed by atoms with Gasteiger partial charge in [0.15, 0.2) is 6.61 Å². The van der Waals surface area contributed by atoms with Crippen LogP contribution in [0.25, 0.3) is 0 Å². The van der Waals surface area contributed by atoms with Crippen LogP contribution >= 0.6 is 0 Å². The number of amides is 2. The van der Waals surface area contributed by atoms with E-state index in [1.807, 2.05) is 0 Å². The van der Waals surface area contributed by atoms with Gasteiger partial charge in [-0.25, -0.2) is 0 Å². The molecule has 2 aromatic carbocycles. The number of hydrogen-bond donors (Lipinski definition) is 1. The lowest BCUT2D eigenvalue weighted by Gasteiger charge is -2.12. The molecule has 5 nitrogen and oxygen atoms in total. The average molecular weight is 406 g/mol. The Kier molecular flexibility index (Phi) is 5.81. The summed E-state index contributed by atoms with van der Waals surface area (Å²) in [6.45, 7) is -0.108. The van der Waals surface area contributed by atoms with E-state index in [9.17, 15) is 22.8 Å². The summed E-state index contributed by atoms with van der Waals surface area (Å²) in [5.41, 5.74) is 0.549. The summed E-state index contributed by atoms with van der Waals surface area (Å²) in [6, 6.07) is 11.6. The zero-order valence-corrected chi connectivity index (χ0v) is 16.0. The third-order valence-electron chi connectivity index (χ3n) is 4.76. The zero-order chi connectivity index (χ0) is 21.2. The Morgan fingerprint density at radius 3 is 2.45 bits per heavy atom. The van der Waals surface area contributed by atoms with E-state index in [-0.39, 0.29) is 30.3 Å². The largest absolute Gasteiger partial charge is 0.484 e. The number of rotatable bonds is 6. The molecule has 0 aliphatic heterocycles. The molecule has 0 bridgehead atoms. The second kappa shape index (κ2) is 8.14. The Labute approximate surface area is 166 Å². The van der Waals surface area contributed by atoms with E-state index in [1.165, 1.54) is 17.0 Å². The Morgan fingerprint density at radius 2 is 1.83 bits per heavy atom. The van der Waals surface area contributed by atoms with Crippen LogP contribution < -0.4 is 10.1 Å². The van der Waals surface area contributed by atoms with E-state index in [2.05, 4.69) is 5.32 Å². The minimum absolute atomic E-state index is 0.0885. The van der Waals surface area contributed by atoms with E-state index in [4.69, 9.17) is 4.74 Å². The van der Waals surface area contributed by atoms with Crippen LogP contribution in [-0.2, 0) is 15.8 Å². The number of ether oxygens (including phenoxy) is 1. The van der Waals surface area contributed by atoms with Crippen molar-refractivity contribution in [2.24, 2.45) is 5.92 Å². The van der Waals surface area contributed by atoms with E-state index >= 15 is 0 Å². The van der Waals surface area contributed by atoms with Crippen LogP contribution in [0.15, 0.2) is 48.5 Å². The second-order valence-electron chi connectivity index (χ2n) is 7.16. The first-order valence-electron chi connectivity index (χ1n) is 9.06. The van der Waals surface area contributed by atoms with Gasteiger partial charge in [0.25, 0.3) is 5.91 Å². The summed E-state index contributed by atoms with van der Waals surface area (Å²) >= 11 is 0. The van der Waals surface area contributed by atoms with Crippen molar-refractivity contribution in [2.45, 2.75) is 18.5 Å². The number of carbonyl (C=O) groups is 2. The first kappa shape index (κ1) is 20.7. The van der Waals surface area contributed by atoms with E-state index < -0.39 is 11.7 Å². The normalized spacial score (nSPS) is 18.1. The molecule has 0 saturated heterocycles. The Morgan fingerprint density at radius 1 is 1.14 bits per heavy atom. The molecule has 1 aliphatic rings. The van der Waals surface area contributed by atoms with Crippen LogP contribution in [0.4, 0.5) is 18.9 Å². The molecule has 2 atom stereocenters. The van der Waals surface area contributed by atoms with Crippen LogP contribution in [0.2, 0.25) is 0 Å². The van der Waals surface area contributed by atoms with Gasteiger partial charge in [-0.1, -0.05) is 18.2 Å². The number of nitrogens with zero attached hydrogens (tertiary/aromatic N) is 1. The van der Waals surface area contributed by atoms with E-state index in [1.54, 1.807) is 38.4 Å². The van der Waals surface area contributed by atoms with Crippen molar-refractivity contribution < 1.29 is 27.5 Å². The highest BCUT2D eigenvalue weighted by Gasteiger charge is 2.44. The topological polar surface area (TPSA) is 58.6 Å². The van der Waals surface area contributed by atoms with Crippen molar-refractivity contribution in [1.29, 1.82) is 0 Å². The van der Waals surface area contributed by atoms with Crippen molar-refractivity contribution >= 4 is 17.5 Å². The van der Waals surface area contributed by atoms with E-state index in [0.29, 0.717) is 17.9 Å². The molecule has 1 N–H and O–H groups in total. The maximum absolute atomic E-state index is 12.7. The smallest absolute Gasteiger partial charge is 0.416 e. The lowest BCUT2D eigenvalue weighted by molar-refractivity contribution is -0.137. The lowest BCUT2D eigenvalue weighted by Crippen LogP contribution is -2.27. The van der Waals surface area contributed by atoms with Gasteiger partial charge in [-0.3, -0.25) is 9.59 Å². The lowest BCUT2D eigenvalue weighted by atomic mass is 10.1. The van der Waals surface area contributed by atoms with Gasteiger partial charge in [-0.05, 0) is 42.2 Å². The van der Waals surface area contributed by atoms with Gasteiger partial charge >= 0.3 is 6.18 Å². The van der Waals surface area contributed by atoms with Crippen LogP contribution in [0, 0.1) is 5.92 Å². The number of carbonyl (C=O) groups excluding carboxylic acids is 2. The highest BCUT2D eigenvalue weighted by molar-refractivity contribution is 5.95. The van der Waals surface area contributed by atoms with Gasteiger partial charge in [-0.2, -0.15) is 13.2 Å². The maximum atomic E-state index is 12.7. The van der Waals surface area contributed by atoms with Crippen LogP contribution in [0.1, 0.15) is 23.5 Å². The van der Waals surface area contributed by atoms with Crippen LogP contribution in [0.5, 0.6) is 5.75 Å². The molecular weight excluding hydrogens is 385 g/mol. The maximum Gasteiger partial charge on any atom is 0.416 e. The predicted molar refractivity (Wildman–Crippen MR) is 102 cm³/mol. The minimum Gasteiger partial charge on any atom is -0.484 e. The number of halogens is 3. The van der Waals surface area contributed by atoms with Gasteiger partial charge in [0, 0.05) is 31.8 Å². The monoisotopic (exact) mass is 406 g/mol. The molecule has 8 heteroatoms. The summed E-state index contributed by atoms with van der Waals surface area (Å²) in [7, 11) is 3.26. The molecule has 29 heavy (non-hydrogen) atoms. The summed E-state index contributed by atoms with van der Waals surface area (Å²) < 4.78 is 43.4. The van der Waals surface area contributed by atoms with Crippen LogP contribution in [-0.4, -0.2) is 37.4 Å². The van der Waals surface area contributed by atoms with Gasteiger partial charge < -0.3 is 15.0 Å². The number of alkyl halides is 3. The van der Waals surface area contributed by atoms with Gasteiger partial charge in [-0.15, -0.1) is 0 Å². The van der Waals surface area contributed by atoms with Crippen LogP contribution in [0.3, 0.4) is 0 Å². The molecule has 0 heterocycles. The van der Waals surface area contributed by atoms with Gasteiger partial charge in [0.1, 0.15) is 5.75 Å². The van der Waals surface area contributed by atoms with E-state index in [0.717, 1.165) is 17.7 Å². The molecule has 3 rings (SSSR count). The molecule has 0 aromatic heterocycles.